The molecule has 0 radical (unpaired) electrons. The van der Waals surface area contributed by atoms with Crippen LogP contribution in [0.25, 0.3) is 10.9 Å². The lowest BCUT2D eigenvalue weighted by atomic mass is 9.94. The molecule has 1 fully saturated rings. The van der Waals surface area contributed by atoms with Crippen LogP contribution in [0, 0.1) is 5.41 Å². The second-order valence-corrected chi connectivity index (χ2v) is 8.30. The standard InChI is InChI=1S/C19H24BrN3O/c1-19(2,3)18(24)23-10-4-9-22(11-12-23)17-8-5-14-13-15(20)6-7-16(14)21-17/h5-8,13H,4,9-12H2,1-3H3. The van der Waals surface area contributed by atoms with Gasteiger partial charge in [0, 0.05) is 41.5 Å². The summed E-state index contributed by atoms with van der Waals surface area (Å²) in [5, 5.41) is 1.13. The average molecular weight is 390 g/mol. The van der Waals surface area contributed by atoms with Crippen LogP contribution in [0.3, 0.4) is 0 Å². The van der Waals surface area contributed by atoms with Gasteiger partial charge in [0.05, 0.1) is 5.52 Å². The predicted molar refractivity (Wildman–Crippen MR) is 102 cm³/mol. The molecule has 1 amide bonds. The quantitative estimate of drug-likeness (QED) is 0.736. The molecule has 2 heterocycles. The number of hydrogen-bond donors (Lipinski definition) is 0. The summed E-state index contributed by atoms with van der Waals surface area (Å²) >= 11 is 3.50. The molecule has 1 aromatic heterocycles. The highest BCUT2D eigenvalue weighted by Crippen LogP contribution is 2.23. The number of aromatic nitrogens is 1. The Kier molecular flexibility index (Phi) is 4.81. The lowest BCUT2D eigenvalue weighted by Crippen LogP contribution is -2.41. The summed E-state index contributed by atoms with van der Waals surface area (Å²) in [5.74, 6) is 1.23. The van der Waals surface area contributed by atoms with E-state index >= 15 is 0 Å². The molecule has 0 unspecified atom stereocenters. The monoisotopic (exact) mass is 389 g/mol. The van der Waals surface area contributed by atoms with Crippen molar-refractivity contribution in [2.45, 2.75) is 27.2 Å². The zero-order chi connectivity index (χ0) is 17.3. The number of benzene rings is 1. The van der Waals surface area contributed by atoms with Gasteiger partial charge in [0.15, 0.2) is 0 Å². The number of carbonyl (C=O) groups excluding carboxylic acids is 1. The lowest BCUT2D eigenvalue weighted by Gasteiger charge is -2.28. The second kappa shape index (κ2) is 6.71. The number of nitrogens with zero attached hydrogens (tertiary/aromatic N) is 3. The zero-order valence-electron chi connectivity index (χ0n) is 14.6. The average Bonchev–Trinajstić information content (AvgIpc) is 2.78. The van der Waals surface area contributed by atoms with Crippen LogP contribution in [0.5, 0.6) is 0 Å². The molecule has 0 N–H and O–H groups in total. The fourth-order valence-corrected chi connectivity index (χ4v) is 3.46. The van der Waals surface area contributed by atoms with E-state index in [2.05, 4.69) is 39.0 Å². The first-order valence-corrected chi connectivity index (χ1v) is 9.24. The Balaban J connectivity index is 1.76. The molecule has 0 saturated carbocycles. The summed E-state index contributed by atoms with van der Waals surface area (Å²) in [4.78, 5) is 21.6. The van der Waals surface area contributed by atoms with Crippen molar-refractivity contribution in [2.24, 2.45) is 5.41 Å². The maximum atomic E-state index is 12.5. The van der Waals surface area contributed by atoms with Crippen molar-refractivity contribution in [3.63, 3.8) is 0 Å². The molecule has 5 heteroatoms. The minimum Gasteiger partial charge on any atom is -0.355 e. The zero-order valence-corrected chi connectivity index (χ0v) is 16.1. The molecular weight excluding hydrogens is 366 g/mol. The summed E-state index contributed by atoms with van der Waals surface area (Å²) in [6.45, 7) is 9.31. The molecular formula is C19H24BrN3O. The first kappa shape index (κ1) is 17.2. The molecule has 3 rings (SSSR count). The van der Waals surface area contributed by atoms with Gasteiger partial charge < -0.3 is 9.80 Å². The summed E-state index contributed by atoms with van der Waals surface area (Å²) in [5.41, 5.74) is 0.687. The van der Waals surface area contributed by atoms with Gasteiger partial charge in [-0.3, -0.25) is 4.79 Å². The van der Waals surface area contributed by atoms with E-state index in [9.17, 15) is 4.79 Å². The number of amides is 1. The van der Waals surface area contributed by atoms with Crippen molar-refractivity contribution in [3.05, 3.63) is 34.8 Å². The molecule has 2 aromatic rings. The smallest absolute Gasteiger partial charge is 0.228 e. The van der Waals surface area contributed by atoms with Crippen LogP contribution in [0.1, 0.15) is 27.2 Å². The normalized spacial score (nSPS) is 16.3. The minimum atomic E-state index is -0.316. The number of fused-ring (bicyclic) bond motifs is 1. The molecule has 1 aromatic carbocycles. The maximum absolute atomic E-state index is 12.5. The number of rotatable bonds is 1. The Hall–Kier alpha value is -1.62. The van der Waals surface area contributed by atoms with Crippen molar-refractivity contribution >= 4 is 38.6 Å². The third kappa shape index (κ3) is 3.72. The van der Waals surface area contributed by atoms with Crippen molar-refractivity contribution in [3.8, 4) is 0 Å². The number of hydrogen-bond acceptors (Lipinski definition) is 3. The van der Waals surface area contributed by atoms with Gasteiger partial charge in [-0.15, -0.1) is 0 Å². The van der Waals surface area contributed by atoms with Crippen molar-refractivity contribution < 1.29 is 4.79 Å². The van der Waals surface area contributed by atoms with Crippen LogP contribution < -0.4 is 4.90 Å². The van der Waals surface area contributed by atoms with E-state index in [1.807, 2.05) is 37.8 Å². The first-order chi connectivity index (χ1) is 11.3. The van der Waals surface area contributed by atoms with Crippen molar-refractivity contribution in [2.75, 3.05) is 31.1 Å². The first-order valence-electron chi connectivity index (χ1n) is 8.45. The SMILES string of the molecule is CC(C)(C)C(=O)N1CCCN(c2ccc3cc(Br)ccc3n2)CC1. The molecule has 4 nitrogen and oxygen atoms in total. The number of halogens is 1. The van der Waals surface area contributed by atoms with E-state index in [-0.39, 0.29) is 11.3 Å². The lowest BCUT2D eigenvalue weighted by molar-refractivity contribution is -0.139. The van der Waals surface area contributed by atoms with E-state index in [0.717, 1.165) is 53.8 Å². The fourth-order valence-electron chi connectivity index (χ4n) is 3.09. The fraction of sp³-hybridized carbons (Fsp3) is 0.474. The summed E-state index contributed by atoms with van der Waals surface area (Å²) in [7, 11) is 0. The van der Waals surface area contributed by atoms with Crippen LogP contribution in [-0.2, 0) is 4.79 Å². The van der Waals surface area contributed by atoms with E-state index in [0.29, 0.717) is 0 Å². The topological polar surface area (TPSA) is 36.4 Å². The summed E-state index contributed by atoms with van der Waals surface area (Å²) < 4.78 is 1.07. The van der Waals surface area contributed by atoms with Crippen LogP contribution >= 0.6 is 15.9 Å². The summed E-state index contributed by atoms with van der Waals surface area (Å²) in [6.07, 6.45) is 0.974. The number of pyridine rings is 1. The van der Waals surface area contributed by atoms with Crippen LogP contribution in [0.15, 0.2) is 34.8 Å². The Morgan fingerprint density at radius 2 is 1.88 bits per heavy atom. The Bertz CT molecular complexity index is 754. The van der Waals surface area contributed by atoms with E-state index in [4.69, 9.17) is 4.98 Å². The third-order valence-electron chi connectivity index (χ3n) is 4.39. The van der Waals surface area contributed by atoms with Gasteiger partial charge in [-0.25, -0.2) is 4.98 Å². The largest absolute Gasteiger partial charge is 0.355 e. The third-order valence-corrected chi connectivity index (χ3v) is 4.88. The predicted octanol–water partition coefficient (Wildman–Crippen LogP) is 4.08. The minimum absolute atomic E-state index is 0.237. The van der Waals surface area contributed by atoms with Gasteiger partial charge in [0.2, 0.25) is 5.91 Å². The maximum Gasteiger partial charge on any atom is 0.228 e. The van der Waals surface area contributed by atoms with Crippen LogP contribution in [-0.4, -0.2) is 42.0 Å². The summed E-state index contributed by atoms with van der Waals surface area (Å²) in [6, 6.07) is 10.3. The van der Waals surface area contributed by atoms with E-state index < -0.39 is 0 Å². The van der Waals surface area contributed by atoms with Gasteiger partial charge in [-0.1, -0.05) is 36.7 Å². The Labute approximate surface area is 152 Å². The molecule has 24 heavy (non-hydrogen) atoms. The highest BCUT2D eigenvalue weighted by molar-refractivity contribution is 9.10. The molecule has 0 bridgehead atoms. The molecule has 1 saturated heterocycles. The van der Waals surface area contributed by atoms with E-state index in [1.54, 1.807) is 0 Å². The highest BCUT2D eigenvalue weighted by Gasteiger charge is 2.28. The second-order valence-electron chi connectivity index (χ2n) is 7.39. The van der Waals surface area contributed by atoms with Crippen molar-refractivity contribution in [1.82, 2.24) is 9.88 Å². The van der Waals surface area contributed by atoms with Crippen LogP contribution in [0.2, 0.25) is 0 Å². The molecule has 1 aliphatic heterocycles. The Morgan fingerprint density at radius 1 is 1.08 bits per heavy atom. The Morgan fingerprint density at radius 3 is 2.62 bits per heavy atom. The number of anilines is 1. The van der Waals surface area contributed by atoms with E-state index in [1.165, 1.54) is 0 Å². The number of carbonyl (C=O) groups is 1. The van der Waals surface area contributed by atoms with Gasteiger partial charge >= 0.3 is 0 Å². The van der Waals surface area contributed by atoms with Crippen molar-refractivity contribution in [1.29, 1.82) is 0 Å². The highest BCUT2D eigenvalue weighted by atomic mass is 79.9. The van der Waals surface area contributed by atoms with Gasteiger partial charge in [-0.2, -0.15) is 0 Å². The van der Waals surface area contributed by atoms with Gasteiger partial charge in [0.1, 0.15) is 5.82 Å². The molecule has 1 aliphatic rings. The molecule has 128 valence electrons. The molecule has 0 atom stereocenters. The van der Waals surface area contributed by atoms with Gasteiger partial charge in [0.25, 0.3) is 0 Å². The molecule has 0 aliphatic carbocycles. The van der Waals surface area contributed by atoms with Crippen LogP contribution in [0.4, 0.5) is 5.82 Å². The molecule has 0 spiro atoms. The van der Waals surface area contributed by atoms with Gasteiger partial charge in [-0.05, 0) is 36.8 Å².